The summed E-state index contributed by atoms with van der Waals surface area (Å²) in [7, 11) is 1.31. The second kappa shape index (κ2) is 15.7. The molecule has 2 aromatic carbocycles. The monoisotopic (exact) mass is 668 g/mol. The van der Waals surface area contributed by atoms with Crippen LogP contribution in [0.4, 0.5) is 4.39 Å². The van der Waals surface area contributed by atoms with Crippen molar-refractivity contribution in [3.63, 3.8) is 0 Å². The van der Waals surface area contributed by atoms with Gasteiger partial charge in [-0.25, -0.2) is 4.39 Å². The zero-order valence-electron chi connectivity index (χ0n) is 26.9. The highest BCUT2D eigenvalue weighted by Crippen LogP contribution is 2.23. The Balaban J connectivity index is 1.71. The molecule has 0 saturated carbocycles. The van der Waals surface area contributed by atoms with Crippen molar-refractivity contribution in [2.45, 2.75) is 63.3 Å². The van der Waals surface area contributed by atoms with E-state index in [1.165, 1.54) is 18.0 Å². The zero-order valence-corrected chi connectivity index (χ0v) is 26.9. The Kier molecular flexibility index (Phi) is 11.7. The van der Waals surface area contributed by atoms with E-state index in [2.05, 4.69) is 21.3 Å². The summed E-state index contributed by atoms with van der Waals surface area (Å²) in [4.78, 5) is 83.1. The molecule has 0 spiro atoms. The molecule has 2 aliphatic heterocycles. The minimum absolute atomic E-state index is 0.0327. The third-order valence-electron chi connectivity index (χ3n) is 8.24. The first-order valence-corrected chi connectivity index (χ1v) is 15.7. The Morgan fingerprint density at radius 1 is 0.958 bits per heavy atom. The van der Waals surface area contributed by atoms with Crippen LogP contribution in [0.25, 0.3) is 0 Å². The number of hydrogen-bond acceptors (Lipinski definition) is 8. The Labute approximate surface area is 277 Å². The highest BCUT2D eigenvalue weighted by molar-refractivity contribution is 5.98. The van der Waals surface area contributed by atoms with E-state index < -0.39 is 90.4 Å². The van der Waals surface area contributed by atoms with Crippen molar-refractivity contribution in [2.75, 3.05) is 26.7 Å². The highest BCUT2D eigenvalue weighted by Gasteiger charge is 2.44. The fraction of sp³-hybridized carbons (Fsp3) is 0.455. The van der Waals surface area contributed by atoms with Crippen LogP contribution in [0, 0.1) is 11.7 Å². The molecule has 0 unspecified atom stereocenters. The van der Waals surface area contributed by atoms with Crippen molar-refractivity contribution in [3.05, 3.63) is 65.5 Å². The van der Waals surface area contributed by atoms with E-state index in [4.69, 9.17) is 0 Å². The summed E-state index contributed by atoms with van der Waals surface area (Å²) in [5.41, 5.74) is 0.641. The normalized spacial score (nSPS) is 24.3. The van der Waals surface area contributed by atoms with E-state index in [-0.39, 0.29) is 37.3 Å². The van der Waals surface area contributed by atoms with E-state index in [1.807, 2.05) is 13.8 Å². The summed E-state index contributed by atoms with van der Waals surface area (Å²) in [5, 5.41) is 30.4. The number of hydrogen-bond donors (Lipinski definition) is 6. The molecule has 14 nitrogen and oxygen atoms in total. The lowest BCUT2D eigenvalue weighted by Crippen LogP contribution is -2.58. The second-order valence-electron chi connectivity index (χ2n) is 12.5. The maximum atomic E-state index is 14.3. The molecule has 4 rings (SSSR count). The van der Waals surface area contributed by atoms with Crippen molar-refractivity contribution in [1.29, 1.82) is 0 Å². The van der Waals surface area contributed by atoms with Gasteiger partial charge in [0.2, 0.25) is 29.5 Å². The number of halogens is 1. The van der Waals surface area contributed by atoms with Crippen molar-refractivity contribution in [2.24, 2.45) is 5.92 Å². The summed E-state index contributed by atoms with van der Waals surface area (Å²) in [5.74, 6) is -5.90. The molecule has 0 bridgehead atoms. The van der Waals surface area contributed by atoms with Gasteiger partial charge in [0.15, 0.2) is 11.6 Å². The summed E-state index contributed by atoms with van der Waals surface area (Å²) in [6, 6.07) is 6.13. The first kappa shape index (κ1) is 35.8. The summed E-state index contributed by atoms with van der Waals surface area (Å²) in [6.07, 6.45) is 0.145. The van der Waals surface area contributed by atoms with E-state index >= 15 is 0 Å². The van der Waals surface area contributed by atoms with Gasteiger partial charge in [0.05, 0.1) is 13.2 Å². The number of likely N-dealkylation sites (N-methyl/N-ethyl adjacent to an activating group) is 1. The van der Waals surface area contributed by atoms with Gasteiger partial charge < -0.3 is 41.3 Å². The molecule has 48 heavy (non-hydrogen) atoms. The average Bonchev–Trinajstić information content (AvgIpc) is 3.47. The minimum atomic E-state index is -1.46. The van der Waals surface area contributed by atoms with Crippen LogP contribution >= 0.6 is 0 Å². The van der Waals surface area contributed by atoms with Gasteiger partial charge in [-0.1, -0.05) is 44.2 Å². The van der Waals surface area contributed by atoms with Crippen LogP contribution < -0.4 is 21.3 Å². The molecule has 2 aromatic rings. The Morgan fingerprint density at radius 2 is 1.65 bits per heavy atom. The predicted molar refractivity (Wildman–Crippen MR) is 170 cm³/mol. The minimum Gasteiger partial charge on any atom is -0.505 e. The number of carbonyl (C=O) groups is 6. The smallest absolute Gasteiger partial charge is 0.251 e. The van der Waals surface area contributed by atoms with Gasteiger partial charge in [-0.3, -0.25) is 28.8 Å². The second-order valence-corrected chi connectivity index (χ2v) is 12.5. The number of nitrogens with one attached hydrogen (secondary N) is 4. The molecule has 0 aliphatic carbocycles. The van der Waals surface area contributed by atoms with E-state index in [0.29, 0.717) is 5.56 Å². The molecule has 6 N–H and O–H groups in total. The largest absolute Gasteiger partial charge is 0.505 e. The van der Waals surface area contributed by atoms with Gasteiger partial charge in [0, 0.05) is 31.6 Å². The maximum absolute atomic E-state index is 14.3. The Bertz CT molecular complexity index is 1540. The topological polar surface area (TPSA) is 197 Å². The fourth-order valence-electron chi connectivity index (χ4n) is 5.83. The van der Waals surface area contributed by atoms with Gasteiger partial charge in [-0.2, -0.15) is 0 Å². The Morgan fingerprint density at radius 3 is 2.29 bits per heavy atom. The Hall–Kier alpha value is -5.05. The fourth-order valence-corrected chi connectivity index (χ4v) is 5.83. The van der Waals surface area contributed by atoms with E-state index in [0.717, 1.165) is 17.0 Å². The molecule has 258 valence electrons. The van der Waals surface area contributed by atoms with Gasteiger partial charge in [0.1, 0.15) is 24.2 Å². The lowest BCUT2D eigenvalue weighted by Gasteiger charge is -2.30. The number of nitrogens with zero attached hydrogens (tertiary/aromatic N) is 2. The lowest BCUT2D eigenvalue weighted by atomic mass is 10.0. The number of carbonyl (C=O) groups excluding carboxylic acids is 6. The maximum Gasteiger partial charge on any atom is 0.251 e. The first-order chi connectivity index (χ1) is 22.8. The molecular formula is C33H41FN6O8. The standard InChI is InChI=1S/C33H41FN6O8/c1-18(2)11-23-30(45)37-24(12-19-7-5-4-6-8-19)33(48)40-15-21(35-29(44)20-9-10-22(34)27(42)13-20)14-26(40)31(46)38-25(17-41)32(47)39(3)16-28(43)36-23/h4-10,13,18,21,23-26,41-42H,11-12,14-17H2,1-3H3,(H,35,44)(H,36,43)(H,37,45)(H,38,46)/t21-,23-,24-,25-,26-/m0/s1. The number of aromatic hydroxyl groups is 1. The molecule has 2 aliphatic rings. The SMILES string of the molecule is CC(C)C[C@@H]1NC(=O)CN(C)C(=O)[C@H](CO)NC(=O)[C@@H]2C[C@H](NC(=O)c3ccc(F)c(O)c3)CN2C(=O)[C@H](Cc2ccccc2)NC1=O. The number of amides is 6. The summed E-state index contributed by atoms with van der Waals surface area (Å²) < 4.78 is 13.6. The molecule has 2 saturated heterocycles. The average molecular weight is 669 g/mol. The molecule has 6 amide bonds. The van der Waals surface area contributed by atoms with Crippen LogP contribution in [0.2, 0.25) is 0 Å². The lowest BCUT2D eigenvalue weighted by molar-refractivity contribution is -0.143. The third-order valence-corrected chi connectivity index (χ3v) is 8.24. The molecular weight excluding hydrogens is 627 g/mol. The summed E-state index contributed by atoms with van der Waals surface area (Å²) >= 11 is 0. The molecule has 2 heterocycles. The van der Waals surface area contributed by atoms with E-state index in [1.54, 1.807) is 30.3 Å². The van der Waals surface area contributed by atoms with Crippen molar-refractivity contribution in [3.8, 4) is 5.75 Å². The van der Waals surface area contributed by atoms with Gasteiger partial charge in [0.25, 0.3) is 5.91 Å². The molecule has 15 heteroatoms. The van der Waals surface area contributed by atoms with Gasteiger partial charge in [-0.15, -0.1) is 0 Å². The predicted octanol–water partition coefficient (Wildman–Crippen LogP) is -0.562. The van der Waals surface area contributed by atoms with Crippen LogP contribution in [0.3, 0.4) is 0 Å². The van der Waals surface area contributed by atoms with Crippen LogP contribution in [0.5, 0.6) is 5.75 Å². The molecule has 5 atom stereocenters. The number of aliphatic hydroxyl groups excluding tert-OH is 1. The number of benzene rings is 2. The van der Waals surface area contributed by atoms with Gasteiger partial charge in [-0.05, 0) is 42.5 Å². The summed E-state index contributed by atoms with van der Waals surface area (Å²) in [6.45, 7) is 2.26. The van der Waals surface area contributed by atoms with Crippen molar-refractivity contribution >= 4 is 35.4 Å². The number of rotatable bonds is 7. The van der Waals surface area contributed by atoms with Crippen LogP contribution in [0.15, 0.2) is 48.5 Å². The van der Waals surface area contributed by atoms with Crippen LogP contribution in [0.1, 0.15) is 42.6 Å². The molecule has 0 aromatic heterocycles. The highest BCUT2D eigenvalue weighted by atomic mass is 19.1. The molecule has 0 radical (unpaired) electrons. The number of aliphatic hydroxyl groups is 1. The van der Waals surface area contributed by atoms with Crippen molar-refractivity contribution < 1.29 is 43.4 Å². The number of fused-ring (bicyclic) bond motifs is 1. The number of phenols is 1. The van der Waals surface area contributed by atoms with Crippen LogP contribution in [-0.2, 0) is 30.4 Å². The first-order valence-electron chi connectivity index (χ1n) is 15.7. The van der Waals surface area contributed by atoms with Crippen molar-refractivity contribution in [1.82, 2.24) is 31.1 Å². The zero-order chi connectivity index (χ0) is 35.1. The quantitative estimate of drug-likeness (QED) is 0.226. The number of phenolic OH excluding ortho intramolecular Hbond substituents is 1. The molecule has 2 fully saturated rings. The third kappa shape index (κ3) is 8.85. The van der Waals surface area contributed by atoms with Gasteiger partial charge >= 0.3 is 0 Å². The van der Waals surface area contributed by atoms with E-state index in [9.17, 15) is 43.4 Å². The van der Waals surface area contributed by atoms with Crippen LogP contribution in [-0.4, -0.2) is 112 Å².